The van der Waals surface area contributed by atoms with Gasteiger partial charge in [-0.15, -0.1) is 0 Å². The highest BCUT2D eigenvalue weighted by Gasteiger charge is 2.23. The summed E-state index contributed by atoms with van der Waals surface area (Å²) in [5.41, 5.74) is 5.35. The number of oxime groups is 1. The third-order valence-corrected chi connectivity index (χ3v) is 5.18. The average molecular weight is 614 g/mol. The van der Waals surface area contributed by atoms with Gasteiger partial charge in [-0.2, -0.15) is 0 Å². The van der Waals surface area contributed by atoms with Crippen molar-refractivity contribution in [2.24, 2.45) is 16.3 Å². The van der Waals surface area contributed by atoms with Gasteiger partial charge in [0.2, 0.25) is 0 Å². The van der Waals surface area contributed by atoms with Crippen LogP contribution < -0.4 is 10.5 Å². The largest absolute Gasteiger partial charge is 0.491 e. The molecule has 112 valence electrons. The van der Waals surface area contributed by atoms with Crippen LogP contribution in [0.3, 0.4) is 0 Å². The van der Waals surface area contributed by atoms with Crippen molar-refractivity contribution >= 4 is 73.6 Å². The molecule has 0 bridgehead atoms. The Morgan fingerprint density at radius 3 is 2.35 bits per heavy atom. The van der Waals surface area contributed by atoms with Crippen LogP contribution in [-0.2, 0) is 0 Å². The number of benzene rings is 1. The minimum atomic E-state index is -0.315. The van der Waals surface area contributed by atoms with Gasteiger partial charge in [0, 0.05) is 8.99 Å². The van der Waals surface area contributed by atoms with Crippen LogP contribution in [0, 0.1) is 16.1 Å². The van der Waals surface area contributed by atoms with Crippen LogP contribution in [0.1, 0.15) is 26.7 Å². The summed E-state index contributed by atoms with van der Waals surface area (Å²) in [6.07, 6.45) is 1.65. The SMILES string of the molecule is CC(C)(CCCOc1c(I)cc(I)cc1I)C(N)=NO. The lowest BCUT2D eigenvalue weighted by molar-refractivity contribution is 0.275. The van der Waals surface area contributed by atoms with Crippen molar-refractivity contribution in [3.63, 3.8) is 0 Å². The Morgan fingerprint density at radius 1 is 1.30 bits per heavy atom. The summed E-state index contributed by atoms with van der Waals surface area (Å²) >= 11 is 6.88. The Bertz CT molecular complexity index is 481. The van der Waals surface area contributed by atoms with Crippen molar-refractivity contribution in [3.8, 4) is 5.75 Å². The standard InChI is InChI=1S/C13H17I3N2O2/c1-13(2,12(17)18-19)4-3-5-20-11-9(15)6-8(14)7-10(11)16/h6-7,19H,3-5H2,1-2H3,(H2,17,18). The molecule has 0 fully saturated rings. The van der Waals surface area contributed by atoms with Crippen molar-refractivity contribution in [3.05, 3.63) is 22.8 Å². The highest BCUT2D eigenvalue weighted by molar-refractivity contribution is 14.1. The second kappa shape index (κ2) is 8.20. The molecule has 0 aromatic heterocycles. The first-order valence-electron chi connectivity index (χ1n) is 6.03. The van der Waals surface area contributed by atoms with E-state index in [1.165, 1.54) is 3.57 Å². The van der Waals surface area contributed by atoms with Gasteiger partial charge in [0.15, 0.2) is 0 Å². The average Bonchev–Trinajstić information content (AvgIpc) is 2.35. The first kappa shape index (κ1) is 18.5. The van der Waals surface area contributed by atoms with Crippen molar-refractivity contribution in [2.45, 2.75) is 26.7 Å². The quantitative estimate of drug-likeness (QED) is 0.125. The molecule has 0 unspecified atom stereocenters. The topological polar surface area (TPSA) is 67.8 Å². The lowest BCUT2D eigenvalue weighted by atomic mass is 9.87. The Labute approximate surface area is 160 Å². The highest BCUT2D eigenvalue weighted by atomic mass is 127. The predicted molar refractivity (Wildman–Crippen MR) is 107 cm³/mol. The molecular formula is C13H17I3N2O2. The van der Waals surface area contributed by atoms with E-state index in [4.69, 9.17) is 15.7 Å². The Balaban J connectivity index is 2.54. The molecule has 20 heavy (non-hydrogen) atoms. The van der Waals surface area contributed by atoms with Gasteiger partial charge in [0.05, 0.1) is 13.7 Å². The van der Waals surface area contributed by atoms with Gasteiger partial charge in [-0.25, -0.2) is 0 Å². The van der Waals surface area contributed by atoms with Gasteiger partial charge in [-0.05, 0) is 92.7 Å². The molecular weight excluding hydrogens is 597 g/mol. The maximum Gasteiger partial charge on any atom is 0.145 e. The molecule has 1 aromatic rings. The monoisotopic (exact) mass is 614 g/mol. The van der Waals surface area contributed by atoms with Crippen LogP contribution in [0.15, 0.2) is 17.3 Å². The van der Waals surface area contributed by atoms with Crippen LogP contribution in [0.4, 0.5) is 0 Å². The molecule has 0 aliphatic rings. The zero-order valence-corrected chi connectivity index (χ0v) is 17.8. The van der Waals surface area contributed by atoms with Gasteiger partial charge in [0.1, 0.15) is 11.6 Å². The molecule has 0 spiro atoms. The summed E-state index contributed by atoms with van der Waals surface area (Å²) < 4.78 is 9.32. The van der Waals surface area contributed by atoms with Gasteiger partial charge in [-0.1, -0.05) is 19.0 Å². The molecule has 7 heteroatoms. The molecule has 0 atom stereocenters. The zero-order valence-electron chi connectivity index (χ0n) is 11.3. The molecule has 0 saturated heterocycles. The van der Waals surface area contributed by atoms with E-state index in [1.54, 1.807) is 0 Å². The molecule has 0 amide bonds. The van der Waals surface area contributed by atoms with E-state index in [1.807, 2.05) is 13.8 Å². The number of hydrogen-bond donors (Lipinski definition) is 2. The van der Waals surface area contributed by atoms with Crippen molar-refractivity contribution < 1.29 is 9.94 Å². The lowest BCUT2D eigenvalue weighted by Gasteiger charge is -2.22. The van der Waals surface area contributed by atoms with Crippen LogP contribution in [0.5, 0.6) is 5.75 Å². The molecule has 0 aliphatic carbocycles. The second-order valence-corrected chi connectivity index (χ2v) is 8.59. The molecule has 0 heterocycles. The minimum Gasteiger partial charge on any atom is -0.491 e. The Morgan fingerprint density at radius 2 is 1.85 bits per heavy atom. The summed E-state index contributed by atoms with van der Waals surface area (Å²) in [5, 5.41) is 11.8. The maximum absolute atomic E-state index is 8.73. The van der Waals surface area contributed by atoms with Gasteiger partial charge < -0.3 is 15.7 Å². The van der Waals surface area contributed by atoms with Crippen LogP contribution in [0.2, 0.25) is 0 Å². The number of halogens is 3. The molecule has 1 rings (SSSR count). The summed E-state index contributed by atoms with van der Waals surface area (Å²) in [5.74, 6) is 1.20. The van der Waals surface area contributed by atoms with Crippen molar-refractivity contribution in [2.75, 3.05) is 6.61 Å². The summed E-state index contributed by atoms with van der Waals surface area (Å²) in [6.45, 7) is 4.54. The molecule has 3 N–H and O–H groups in total. The maximum atomic E-state index is 8.73. The van der Waals surface area contributed by atoms with Crippen LogP contribution >= 0.6 is 67.8 Å². The van der Waals surface area contributed by atoms with Gasteiger partial charge in [-0.3, -0.25) is 0 Å². The molecule has 0 saturated carbocycles. The Hall–Kier alpha value is 0.480. The second-order valence-electron chi connectivity index (χ2n) is 5.02. The minimum absolute atomic E-state index is 0.260. The number of hydrogen-bond acceptors (Lipinski definition) is 3. The van der Waals surface area contributed by atoms with E-state index in [2.05, 4.69) is 85.1 Å². The summed E-state index contributed by atoms with van der Waals surface area (Å²) in [7, 11) is 0. The lowest BCUT2D eigenvalue weighted by Crippen LogP contribution is -2.32. The first-order valence-corrected chi connectivity index (χ1v) is 9.27. The van der Waals surface area contributed by atoms with Crippen molar-refractivity contribution in [1.29, 1.82) is 0 Å². The first-order chi connectivity index (χ1) is 9.27. The molecule has 0 radical (unpaired) electrons. The van der Waals surface area contributed by atoms with Crippen molar-refractivity contribution in [1.82, 2.24) is 0 Å². The predicted octanol–water partition coefficient (Wildman–Crippen LogP) is 4.43. The zero-order chi connectivity index (χ0) is 15.3. The summed E-state index contributed by atoms with van der Waals surface area (Å²) in [4.78, 5) is 0. The summed E-state index contributed by atoms with van der Waals surface area (Å²) in [6, 6.07) is 4.19. The number of amidine groups is 1. The number of nitrogens with zero attached hydrogens (tertiary/aromatic N) is 1. The third-order valence-electron chi connectivity index (χ3n) is 2.96. The molecule has 0 aliphatic heterocycles. The van der Waals surface area contributed by atoms with Crippen LogP contribution in [-0.4, -0.2) is 17.6 Å². The fourth-order valence-electron chi connectivity index (χ4n) is 1.62. The van der Waals surface area contributed by atoms with E-state index in [-0.39, 0.29) is 11.3 Å². The van der Waals surface area contributed by atoms with E-state index in [0.717, 1.165) is 25.7 Å². The number of nitrogens with two attached hydrogens (primary N) is 1. The number of ether oxygens (including phenoxy) is 1. The van der Waals surface area contributed by atoms with Crippen LogP contribution in [0.25, 0.3) is 0 Å². The normalized spacial score (nSPS) is 12.6. The van der Waals surface area contributed by atoms with Gasteiger partial charge in [0.25, 0.3) is 0 Å². The molecule has 1 aromatic carbocycles. The van der Waals surface area contributed by atoms with E-state index in [9.17, 15) is 0 Å². The fourth-order valence-corrected chi connectivity index (χ4v) is 5.51. The Kier molecular flexibility index (Phi) is 7.60. The van der Waals surface area contributed by atoms with Gasteiger partial charge >= 0.3 is 0 Å². The van der Waals surface area contributed by atoms with E-state index in [0.29, 0.717) is 6.61 Å². The smallest absolute Gasteiger partial charge is 0.145 e. The molecule has 4 nitrogen and oxygen atoms in total. The number of rotatable bonds is 6. The third kappa shape index (κ3) is 5.35. The van der Waals surface area contributed by atoms with E-state index >= 15 is 0 Å². The highest BCUT2D eigenvalue weighted by Crippen LogP contribution is 2.30. The van der Waals surface area contributed by atoms with E-state index < -0.39 is 0 Å². The fraction of sp³-hybridized carbons (Fsp3) is 0.462.